The van der Waals surface area contributed by atoms with Crippen molar-refractivity contribution < 1.29 is 22.7 Å². The Morgan fingerprint density at radius 1 is 1.13 bits per heavy atom. The van der Waals surface area contributed by atoms with E-state index in [-0.39, 0.29) is 29.8 Å². The summed E-state index contributed by atoms with van der Waals surface area (Å²) in [6.45, 7) is 3.66. The fourth-order valence-electron chi connectivity index (χ4n) is 4.15. The van der Waals surface area contributed by atoms with E-state index < -0.39 is 17.5 Å². The lowest BCUT2D eigenvalue weighted by Gasteiger charge is -2.37. The molecule has 1 aromatic heterocycles. The number of hydrogen-bond donors (Lipinski definition) is 1. The van der Waals surface area contributed by atoms with E-state index in [9.17, 15) is 18.0 Å². The second-order valence-electron chi connectivity index (χ2n) is 8.08. The van der Waals surface area contributed by atoms with Crippen molar-refractivity contribution in [2.45, 2.75) is 51.3 Å². The molecule has 2 heterocycles. The van der Waals surface area contributed by atoms with Gasteiger partial charge in [0, 0.05) is 38.7 Å². The quantitative estimate of drug-likeness (QED) is 0.743. The molecule has 0 bridgehead atoms. The van der Waals surface area contributed by atoms with Crippen LogP contribution in [0.5, 0.6) is 5.75 Å². The summed E-state index contributed by atoms with van der Waals surface area (Å²) in [5, 5.41) is 3.30. The Balaban J connectivity index is 1.46. The van der Waals surface area contributed by atoms with Gasteiger partial charge in [0.05, 0.1) is 5.69 Å². The van der Waals surface area contributed by atoms with E-state index in [2.05, 4.69) is 15.3 Å². The van der Waals surface area contributed by atoms with E-state index in [0.717, 1.165) is 18.6 Å². The number of ether oxygens (including phenoxy) is 1. The summed E-state index contributed by atoms with van der Waals surface area (Å²) < 4.78 is 45.6. The first kappa shape index (κ1) is 21.2. The maximum atomic E-state index is 13.4. The highest BCUT2D eigenvalue weighted by Crippen LogP contribution is 2.36. The summed E-state index contributed by atoms with van der Waals surface area (Å²) in [5.41, 5.74) is 1.37. The molecule has 1 aliphatic carbocycles. The van der Waals surface area contributed by atoms with Crippen LogP contribution in [0.2, 0.25) is 0 Å². The highest BCUT2D eigenvalue weighted by molar-refractivity contribution is 6.04. The lowest BCUT2D eigenvalue weighted by molar-refractivity contribution is -0.119. The van der Waals surface area contributed by atoms with Crippen LogP contribution in [0.3, 0.4) is 0 Å². The zero-order valence-electron chi connectivity index (χ0n) is 17.7. The molecule has 10 heteroatoms. The number of carbonyl (C=O) groups is 1. The molecular formula is C21H24F3N5O2. The zero-order chi connectivity index (χ0) is 22.4. The van der Waals surface area contributed by atoms with E-state index in [4.69, 9.17) is 4.74 Å². The first-order chi connectivity index (χ1) is 14.7. The second kappa shape index (κ2) is 7.90. The second-order valence-corrected chi connectivity index (χ2v) is 8.08. The molecule has 0 spiro atoms. The summed E-state index contributed by atoms with van der Waals surface area (Å²) in [5.74, 6) is -3.00. The van der Waals surface area contributed by atoms with Gasteiger partial charge in [-0.15, -0.1) is 0 Å². The van der Waals surface area contributed by atoms with Gasteiger partial charge in [0.2, 0.25) is 11.9 Å². The summed E-state index contributed by atoms with van der Waals surface area (Å²) in [6, 6.07) is 1.37. The molecule has 166 valence electrons. The molecular weight excluding hydrogens is 411 g/mol. The number of benzene rings is 1. The number of aryl methyl sites for hydroxylation is 1. The van der Waals surface area contributed by atoms with E-state index >= 15 is 0 Å². The number of likely N-dealkylation sites (N-methyl/N-ethyl adjacent to an activating group) is 2. The minimum absolute atomic E-state index is 0.00303. The van der Waals surface area contributed by atoms with Crippen molar-refractivity contribution in [2.75, 3.05) is 29.2 Å². The number of anilines is 3. The molecule has 2 aromatic rings. The maximum absolute atomic E-state index is 13.4. The van der Waals surface area contributed by atoms with Crippen LogP contribution < -0.4 is 19.9 Å². The molecule has 1 fully saturated rings. The lowest BCUT2D eigenvalue weighted by Crippen LogP contribution is -2.50. The molecule has 1 saturated carbocycles. The molecule has 2 aliphatic rings. The number of fused-ring (bicyclic) bond motifs is 1. The number of nitrogens with zero attached hydrogens (tertiary/aromatic N) is 4. The van der Waals surface area contributed by atoms with Gasteiger partial charge in [-0.2, -0.15) is 4.98 Å². The predicted molar refractivity (Wildman–Crippen MR) is 110 cm³/mol. The fraction of sp³-hybridized carbons (Fsp3) is 0.476. The summed E-state index contributed by atoms with van der Waals surface area (Å²) in [7, 11) is 3.54. The Labute approximate surface area is 178 Å². The van der Waals surface area contributed by atoms with Crippen molar-refractivity contribution in [3.63, 3.8) is 0 Å². The fourth-order valence-corrected chi connectivity index (χ4v) is 4.15. The largest absolute Gasteiger partial charge is 0.490 e. The Kier molecular flexibility index (Phi) is 5.40. The van der Waals surface area contributed by atoms with E-state index in [1.807, 2.05) is 25.8 Å². The zero-order valence-corrected chi connectivity index (χ0v) is 17.7. The highest BCUT2D eigenvalue weighted by atomic mass is 19.2. The van der Waals surface area contributed by atoms with Crippen LogP contribution in [-0.2, 0) is 4.79 Å². The monoisotopic (exact) mass is 435 g/mol. The number of rotatable bonds is 4. The Hall–Kier alpha value is -3.04. The molecule has 1 aromatic carbocycles. The molecule has 0 unspecified atom stereocenters. The van der Waals surface area contributed by atoms with Gasteiger partial charge < -0.3 is 19.9 Å². The third-order valence-corrected chi connectivity index (χ3v) is 5.96. The van der Waals surface area contributed by atoms with Crippen molar-refractivity contribution in [3.8, 4) is 5.75 Å². The smallest absolute Gasteiger partial charge is 0.249 e. The van der Waals surface area contributed by atoms with Gasteiger partial charge in [0.1, 0.15) is 23.6 Å². The van der Waals surface area contributed by atoms with Crippen LogP contribution in [0.25, 0.3) is 0 Å². The van der Waals surface area contributed by atoms with Gasteiger partial charge in [-0.25, -0.2) is 18.2 Å². The van der Waals surface area contributed by atoms with Crippen LogP contribution in [0.1, 0.15) is 31.9 Å². The van der Waals surface area contributed by atoms with Crippen molar-refractivity contribution >= 4 is 23.4 Å². The Morgan fingerprint density at radius 3 is 2.48 bits per heavy atom. The average molecular weight is 435 g/mol. The van der Waals surface area contributed by atoms with Crippen LogP contribution in [0.4, 0.5) is 30.6 Å². The van der Waals surface area contributed by atoms with Crippen LogP contribution in [-0.4, -0.2) is 48.2 Å². The normalized spacial score (nSPS) is 23.2. The van der Waals surface area contributed by atoms with E-state index in [1.54, 1.807) is 11.9 Å². The van der Waals surface area contributed by atoms with Gasteiger partial charge in [-0.05, 0) is 26.7 Å². The summed E-state index contributed by atoms with van der Waals surface area (Å²) >= 11 is 0. The molecule has 0 radical (unpaired) electrons. The van der Waals surface area contributed by atoms with E-state index in [0.29, 0.717) is 36.0 Å². The Bertz CT molecular complexity index is 1010. The van der Waals surface area contributed by atoms with Crippen molar-refractivity contribution in [3.05, 3.63) is 35.3 Å². The number of aromatic nitrogens is 2. The molecule has 1 N–H and O–H groups in total. The Morgan fingerprint density at radius 2 is 1.81 bits per heavy atom. The number of amides is 1. The maximum Gasteiger partial charge on any atom is 0.249 e. The summed E-state index contributed by atoms with van der Waals surface area (Å²) in [6.07, 6.45) is 1.72. The van der Waals surface area contributed by atoms with Crippen LogP contribution in [0, 0.1) is 24.4 Å². The van der Waals surface area contributed by atoms with Gasteiger partial charge in [0.25, 0.3) is 0 Å². The van der Waals surface area contributed by atoms with Gasteiger partial charge >= 0.3 is 0 Å². The molecule has 31 heavy (non-hydrogen) atoms. The SMILES string of the molecule is Cc1nc(N[C@H]2CC[C@H](Oc3cc(F)c(F)c(F)c3)C2)nc2c1N(C)C(=O)[C@H](C)N2C. The van der Waals surface area contributed by atoms with Gasteiger partial charge in [0.15, 0.2) is 23.3 Å². The minimum Gasteiger partial charge on any atom is -0.490 e. The topological polar surface area (TPSA) is 70.6 Å². The summed E-state index contributed by atoms with van der Waals surface area (Å²) in [4.78, 5) is 24.9. The minimum atomic E-state index is -1.51. The molecule has 1 aliphatic heterocycles. The number of halogens is 3. The molecule has 4 rings (SSSR count). The van der Waals surface area contributed by atoms with Crippen LogP contribution in [0.15, 0.2) is 12.1 Å². The standard InChI is InChI=1S/C21H24F3N5O2/c1-10-18-19(28(3)11(2)20(30)29(18)4)27-21(25-10)26-12-5-6-13(7-12)31-14-8-15(22)17(24)16(23)9-14/h8-9,11-13H,5-7H2,1-4H3,(H,25,26,27)/t11-,12-,13-/m0/s1. The molecule has 7 nitrogen and oxygen atoms in total. The van der Waals surface area contributed by atoms with Crippen LogP contribution >= 0.6 is 0 Å². The third kappa shape index (κ3) is 3.86. The van der Waals surface area contributed by atoms with E-state index in [1.165, 1.54) is 0 Å². The number of carbonyl (C=O) groups excluding carboxylic acids is 1. The average Bonchev–Trinajstić information content (AvgIpc) is 3.15. The third-order valence-electron chi connectivity index (χ3n) is 5.96. The lowest BCUT2D eigenvalue weighted by atomic mass is 10.1. The van der Waals surface area contributed by atoms with Crippen molar-refractivity contribution in [1.82, 2.24) is 9.97 Å². The van der Waals surface area contributed by atoms with Crippen molar-refractivity contribution in [1.29, 1.82) is 0 Å². The van der Waals surface area contributed by atoms with Gasteiger partial charge in [-0.1, -0.05) is 0 Å². The predicted octanol–water partition coefficient (Wildman–Crippen LogP) is 3.42. The highest BCUT2D eigenvalue weighted by Gasteiger charge is 2.35. The number of nitrogens with one attached hydrogen (secondary N) is 1. The molecule has 0 saturated heterocycles. The number of hydrogen-bond acceptors (Lipinski definition) is 6. The van der Waals surface area contributed by atoms with Gasteiger partial charge in [-0.3, -0.25) is 4.79 Å². The molecule has 1 amide bonds. The first-order valence-electron chi connectivity index (χ1n) is 10.1. The van der Waals surface area contributed by atoms with Crippen molar-refractivity contribution in [2.24, 2.45) is 0 Å². The first-order valence-corrected chi connectivity index (χ1v) is 10.1. The molecule has 3 atom stereocenters.